The monoisotopic (exact) mass is 297 g/mol. The summed E-state index contributed by atoms with van der Waals surface area (Å²) >= 11 is 0. The summed E-state index contributed by atoms with van der Waals surface area (Å²) in [6.45, 7) is 2.04. The van der Waals surface area contributed by atoms with Crippen molar-refractivity contribution < 1.29 is 14.3 Å². The van der Waals surface area contributed by atoms with E-state index < -0.39 is 6.09 Å². The normalized spacial score (nSPS) is 29.2. The molecule has 2 fully saturated rings. The molecule has 0 radical (unpaired) electrons. The zero-order chi connectivity index (χ0) is 15.2. The van der Waals surface area contributed by atoms with Crippen LogP contribution in [0.2, 0.25) is 0 Å². The minimum atomic E-state index is -0.421. The van der Waals surface area contributed by atoms with Gasteiger partial charge in [0.05, 0.1) is 13.2 Å². The molecule has 0 aromatic rings. The standard InChI is InChI=1S/C15H27N3O3/c1-21-15(20)17-13-6-8-18(10-13)14(19)12-4-2-3-11(9-12)5-7-16/h11-13H,2-10,16H2,1H3,(H,17,20). The number of alkyl carbamates (subject to hydrolysis) is 1. The molecule has 0 aromatic carbocycles. The topological polar surface area (TPSA) is 84.7 Å². The van der Waals surface area contributed by atoms with Gasteiger partial charge in [-0.25, -0.2) is 4.79 Å². The highest BCUT2D eigenvalue weighted by molar-refractivity contribution is 5.79. The first-order chi connectivity index (χ1) is 10.1. The third kappa shape index (κ3) is 4.33. The molecule has 1 saturated heterocycles. The molecule has 3 unspecified atom stereocenters. The van der Waals surface area contributed by atoms with Gasteiger partial charge in [-0.2, -0.15) is 0 Å². The lowest BCUT2D eigenvalue weighted by atomic mass is 9.79. The minimum Gasteiger partial charge on any atom is -0.453 e. The van der Waals surface area contributed by atoms with Crippen molar-refractivity contribution >= 4 is 12.0 Å². The van der Waals surface area contributed by atoms with E-state index in [9.17, 15) is 9.59 Å². The number of methoxy groups -OCH3 is 1. The molecule has 6 nitrogen and oxygen atoms in total. The molecule has 1 heterocycles. The van der Waals surface area contributed by atoms with E-state index in [1.807, 2.05) is 4.90 Å². The number of nitrogens with one attached hydrogen (secondary N) is 1. The minimum absolute atomic E-state index is 0.0184. The fourth-order valence-corrected chi connectivity index (χ4v) is 3.58. The fraction of sp³-hybridized carbons (Fsp3) is 0.867. The summed E-state index contributed by atoms with van der Waals surface area (Å²) < 4.78 is 4.60. The maximum atomic E-state index is 12.6. The Hall–Kier alpha value is -1.30. The molecule has 3 atom stereocenters. The smallest absolute Gasteiger partial charge is 0.407 e. The molecule has 2 rings (SSSR count). The molecule has 21 heavy (non-hydrogen) atoms. The summed E-state index contributed by atoms with van der Waals surface area (Å²) in [6.07, 6.45) is 5.70. The Balaban J connectivity index is 1.82. The lowest BCUT2D eigenvalue weighted by Crippen LogP contribution is -2.41. The number of nitrogens with two attached hydrogens (primary N) is 1. The van der Waals surface area contributed by atoms with Crippen LogP contribution in [0.25, 0.3) is 0 Å². The summed E-state index contributed by atoms with van der Waals surface area (Å²) in [5.74, 6) is 1.00. The summed E-state index contributed by atoms with van der Waals surface area (Å²) in [7, 11) is 1.35. The van der Waals surface area contributed by atoms with Crippen molar-refractivity contribution in [2.24, 2.45) is 17.6 Å². The number of nitrogens with zero attached hydrogens (tertiary/aromatic N) is 1. The molecule has 1 aliphatic carbocycles. The third-order valence-corrected chi connectivity index (χ3v) is 4.71. The van der Waals surface area contributed by atoms with E-state index in [1.165, 1.54) is 13.5 Å². The van der Waals surface area contributed by atoms with Gasteiger partial charge in [0.2, 0.25) is 5.91 Å². The summed E-state index contributed by atoms with van der Waals surface area (Å²) in [5.41, 5.74) is 5.63. The number of carbonyl (C=O) groups excluding carboxylic acids is 2. The third-order valence-electron chi connectivity index (χ3n) is 4.71. The van der Waals surface area contributed by atoms with Crippen molar-refractivity contribution in [3.8, 4) is 0 Å². The number of hydrogen-bond acceptors (Lipinski definition) is 4. The average molecular weight is 297 g/mol. The van der Waals surface area contributed by atoms with Crippen LogP contribution in [-0.2, 0) is 9.53 Å². The van der Waals surface area contributed by atoms with Crippen LogP contribution in [0, 0.1) is 11.8 Å². The van der Waals surface area contributed by atoms with Crippen molar-refractivity contribution in [1.29, 1.82) is 0 Å². The van der Waals surface area contributed by atoms with E-state index in [4.69, 9.17) is 5.73 Å². The molecule has 3 N–H and O–H groups in total. The van der Waals surface area contributed by atoms with E-state index >= 15 is 0 Å². The summed E-state index contributed by atoms with van der Waals surface area (Å²) in [4.78, 5) is 25.7. The Morgan fingerprint density at radius 2 is 2.14 bits per heavy atom. The SMILES string of the molecule is COC(=O)NC1CCN(C(=O)C2CCCC(CCN)C2)C1. The van der Waals surface area contributed by atoms with Crippen molar-refractivity contribution in [3.63, 3.8) is 0 Å². The Bertz CT molecular complexity index is 373. The number of rotatable bonds is 4. The van der Waals surface area contributed by atoms with Gasteiger partial charge in [0.1, 0.15) is 0 Å². The molecule has 0 bridgehead atoms. The zero-order valence-corrected chi connectivity index (χ0v) is 12.8. The van der Waals surface area contributed by atoms with E-state index in [1.54, 1.807) is 0 Å². The van der Waals surface area contributed by atoms with Crippen LogP contribution in [0.3, 0.4) is 0 Å². The van der Waals surface area contributed by atoms with Crippen LogP contribution >= 0.6 is 0 Å². The molecular weight excluding hydrogens is 270 g/mol. The highest BCUT2D eigenvalue weighted by Gasteiger charge is 2.34. The maximum Gasteiger partial charge on any atom is 0.407 e. The van der Waals surface area contributed by atoms with Gasteiger partial charge >= 0.3 is 6.09 Å². The molecule has 0 aromatic heterocycles. The van der Waals surface area contributed by atoms with Crippen LogP contribution in [0.4, 0.5) is 4.79 Å². The molecule has 1 aliphatic heterocycles. The first kappa shape index (κ1) is 16.1. The second-order valence-corrected chi connectivity index (χ2v) is 6.21. The van der Waals surface area contributed by atoms with Gasteiger partial charge < -0.3 is 20.7 Å². The predicted molar refractivity (Wildman–Crippen MR) is 79.6 cm³/mol. The van der Waals surface area contributed by atoms with Crippen LogP contribution < -0.4 is 11.1 Å². The van der Waals surface area contributed by atoms with Gasteiger partial charge in [-0.3, -0.25) is 4.79 Å². The van der Waals surface area contributed by atoms with Crippen molar-refractivity contribution in [2.75, 3.05) is 26.7 Å². The van der Waals surface area contributed by atoms with Gasteiger partial charge in [0.25, 0.3) is 0 Å². The lowest BCUT2D eigenvalue weighted by molar-refractivity contribution is -0.136. The fourth-order valence-electron chi connectivity index (χ4n) is 3.58. The second kappa shape index (κ2) is 7.64. The molecule has 120 valence electrons. The van der Waals surface area contributed by atoms with Crippen LogP contribution in [0.1, 0.15) is 38.5 Å². The maximum absolute atomic E-state index is 12.6. The lowest BCUT2D eigenvalue weighted by Gasteiger charge is -2.31. The largest absolute Gasteiger partial charge is 0.453 e. The van der Waals surface area contributed by atoms with Crippen LogP contribution in [0.15, 0.2) is 0 Å². The van der Waals surface area contributed by atoms with Gasteiger partial charge in [-0.1, -0.05) is 12.8 Å². The Kier molecular flexibility index (Phi) is 5.85. The summed E-state index contributed by atoms with van der Waals surface area (Å²) in [6, 6.07) is 0.0184. The quantitative estimate of drug-likeness (QED) is 0.813. The van der Waals surface area contributed by atoms with Crippen LogP contribution in [0.5, 0.6) is 0 Å². The molecule has 2 amide bonds. The number of likely N-dealkylation sites (tertiary alicyclic amines) is 1. The number of amides is 2. The first-order valence-electron chi connectivity index (χ1n) is 7.97. The number of carbonyl (C=O) groups is 2. The van der Waals surface area contributed by atoms with Crippen molar-refractivity contribution in [3.05, 3.63) is 0 Å². The number of hydrogen-bond donors (Lipinski definition) is 2. The highest BCUT2D eigenvalue weighted by Crippen LogP contribution is 2.32. The van der Waals surface area contributed by atoms with E-state index in [2.05, 4.69) is 10.1 Å². The van der Waals surface area contributed by atoms with Crippen LogP contribution in [-0.4, -0.2) is 49.7 Å². The predicted octanol–water partition coefficient (Wildman–Crippen LogP) is 1.10. The Morgan fingerprint density at radius 1 is 1.33 bits per heavy atom. The van der Waals surface area contributed by atoms with Gasteiger partial charge in [-0.15, -0.1) is 0 Å². The highest BCUT2D eigenvalue weighted by atomic mass is 16.5. The van der Waals surface area contributed by atoms with Gasteiger partial charge in [0, 0.05) is 19.0 Å². The van der Waals surface area contributed by atoms with E-state index in [-0.39, 0.29) is 17.9 Å². The molecule has 1 saturated carbocycles. The van der Waals surface area contributed by atoms with Crippen molar-refractivity contribution in [2.45, 2.75) is 44.6 Å². The molecule has 2 aliphatic rings. The van der Waals surface area contributed by atoms with Gasteiger partial charge in [0.15, 0.2) is 0 Å². The Labute approximate surface area is 126 Å². The zero-order valence-electron chi connectivity index (χ0n) is 12.8. The van der Waals surface area contributed by atoms with E-state index in [0.717, 1.165) is 38.6 Å². The van der Waals surface area contributed by atoms with Crippen molar-refractivity contribution in [1.82, 2.24) is 10.2 Å². The van der Waals surface area contributed by atoms with E-state index in [0.29, 0.717) is 19.0 Å². The molecule has 6 heteroatoms. The second-order valence-electron chi connectivity index (χ2n) is 6.21. The summed E-state index contributed by atoms with van der Waals surface area (Å²) in [5, 5.41) is 2.77. The number of ether oxygens (including phenoxy) is 1. The first-order valence-corrected chi connectivity index (χ1v) is 7.97. The Morgan fingerprint density at radius 3 is 2.86 bits per heavy atom. The molecular formula is C15H27N3O3. The van der Waals surface area contributed by atoms with Gasteiger partial charge in [-0.05, 0) is 38.1 Å². The molecule has 0 spiro atoms. The average Bonchev–Trinajstić information content (AvgIpc) is 2.95.